The molecule has 2 aromatic rings. The molecule has 0 unspecified atom stereocenters. The molecule has 0 atom stereocenters. The number of hydrogen-bond donors (Lipinski definition) is 1. The lowest BCUT2D eigenvalue weighted by molar-refractivity contribution is 0.625. The maximum absolute atomic E-state index is 13.1. The fourth-order valence-electron chi connectivity index (χ4n) is 1.50. The molecule has 1 aromatic carbocycles. The molecule has 4 nitrogen and oxygen atoms in total. The van der Waals surface area contributed by atoms with Crippen LogP contribution in [0.25, 0.3) is 0 Å². The van der Waals surface area contributed by atoms with E-state index in [4.69, 9.17) is 0 Å². The molecule has 1 N–H and O–H groups in total. The summed E-state index contributed by atoms with van der Waals surface area (Å²) in [4.78, 5) is 11.7. The normalized spacial score (nSPS) is 10.5. The average Bonchev–Trinajstić information content (AvgIpc) is 2.39. The number of nitrogens with zero attached hydrogens (tertiary/aromatic N) is 2. The molecule has 0 radical (unpaired) electrons. The smallest absolute Gasteiger partial charge is 0.282 e. The van der Waals surface area contributed by atoms with Crippen molar-refractivity contribution in [2.24, 2.45) is 7.05 Å². The zero-order valence-corrected chi connectivity index (χ0v) is 13.1. The number of benzene rings is 1. The number of aryl methyl sites for hydroxylation is 1. The van der Waals surface area contributed by atoms with Gasteiger partial charge in [-0.05, 0) is 39.7 Å². The fourth-order valence-corrected chi connectivity index (χ4v) is 2.39. The number of nitrogens with one attached hydrogen (secondary N) is 1. The molecule has 0 aliphatic carbocycles. The summed E-state index contributed by atoms with van der Waals surface area (Å²) < 4.78 is 15.6. The summed E-state index contributed by atoms with van der Waals surface area (Å²) in [6, 6.07) is 4.45. The molecule has 0 amide bonds. The van der Waals surface area contributed by atoms with E-state index in [1.54, 1.807) is 19.3 Å². The second kappa shape index (κ2) is 5.83. The molecule has 19 heavy (non-hydrogen) atoms. The lowest BCUT2D eigenvalue weighted by Crippen LogP contribution is -2.21. The van der Waals surface area contributed by atoms with Gasteiger partial charge < -0.3 is 5.32 Å². The molecular weight excluding hydrogens is 381 g/mol. The summed E-state index contributed by atoms with van der Waals surface area (Å²) in [5.74, 6) is -0.304. The Morgan fingerprint density at radius 3 is 2.89 bits per heavy atom. The van der Waals surface area contributed by atoms with Crippen LogP contribution < -0.4 is 10.9 Å². The van der Waals surface area contributed by atoms with E-state index in [1.165, 1.54) is 16.8 Å². The fraction of sp³-hybridized carbons (Fsp3) is 0.167. The van der Waals surface area contributed by atoms with E-state index in [-0.39, 0.29) is 11.4 Å². The third kappa shape index (κ3) is 3.22. The second-order valence-corrected chi connectivity index (χ2v) is 5.54. The molecule has 0 aliphatic heterocycles. The average molecular weight is 391 g/mol. The van der Waals surface area contributed by atoms with E-state index < -0.39 is 0 Å². The van der Waals surface area contributed by atoms with Gasteiger partial charge >= 0.3 is 0 Å². The number of halogens is 3. The highest BCUT2D eigenvalue weighted by Crippen LogP contribution is 2.21. The van der Waals surface area contributed by atoms with Crippen LogP contribution in [0.2, 0.25) is 0 Å². The first kappa shape index (κ1) is 14.2. The van der Waals surface area contributed by atoms with Crippen molar-refractivity contribution in [3.05, 3.63) is 55.1 Å². The Labute approximate surface area is 125 Å². The topological polar surface area (TPSA) is 46.9 Å². The van der Waals surface area contributed by atoms with E-state index >= 15 is 0 Å². The minimum absolute atomic E-state index is 0.233. The van der Waals surface area contributed by atoms with Crippen molar-refractivity contribution in [3.63, 3.8) is 0 Å². The van der Waals surface area contributed by atoms with Gasteiger partial charge in [-0.2, -0.15) is 5.10 Å². The summed E-state index contributed by atoms with van der Waals surface area (Å²) >= 11 is 6.56. The van der Waals surface area contributed by atoms with Gasteiger partial charge in [-0.15, -0.1) is 0 Å². The van der Waals surface area contributed by atoms with Gasteiger partial charge in [0, 0.05) is 18.1 Å². The molecule has 0 bridgehead atoms. The van der Waals surface area contributed by atoms with Crippen LogP contribution in [0.5, 0.6) is 0 Å². The first-order chi connectivity index (χ1) is 8.99. The van der Waals surface area contributed by atoms with Crippen LogP contribution >= 0.6 is 31.9 Å². The molecule has 0 saturated heterocycles. The van der Waals surface area contributed by atoms with Crippen LogP contribution in [0.3, 0.4) is 0 Å². The van der Waals surface area contributed by atoms with Crippen molar-refractivity contribution >= 4 is 37.5 Å². The van der Waals surface area contributed by atoms with Gasteiger partial charge in [0.1, 0.15) is 10.3 Å². The lowest BCUT2D eigenvalue weighted by atomic mass is 10.2. The predicted molar refractivity (Wildman–Crippen MR) is 78.6 cm³/mol. The Bertz CT molecular complexity index is 673. The predicted octanol–water partition coefficient (Wildman–Crippen LogP) is 3.06. The molecule has 1 heterocycles. The molecule has 2 rings (SSSR count). The molecule has 100 valence electrons. The van der Waals surface area contributed by atoms with Gasteiger partial charge in [0.2, 0.25) is 0 Å². The zero-order valence-electron chi connectivity index (χ0n) is 9.95. The largest absolute Gasteiger partial charge is 0.379 e. The Morgan fingerprint density at radius 2 is 2.16 bits per heavy atom. The van der Waals surface area contributed by atoms with E-state index in [0.717, 1.165) is 10.0 Å². The number of hydrogen-bond acceptors (Lipinski definition) is 3. The third-order valence-electron chi connectivity index (χ3n) is 2.56. The van der Waals surface area contributed by atoms with Crippen LogP contribution in [0.1, 0.15) is 5.56 Å². The van der Waals surface area contributed by atoms with E-state index in [0.29, 0.717) is 16.7 Å². The number of aromatic nitrogens is 2. The van der Waals surface area contributed by atoms with Crippen LogP contribution in [0.15, 0.2) is 38.1 Å². The SMILES string of the molecule is Cn1ncc(NCc2cc(F)ccc2Br)c(Br)c1=O. The Balaban J connectivity index is 2.22. The summed E-state index contributed by atoms with van der Waals surface area (Å²) in [7, 11) is 1.57. The molecule has 7 heteroatoms. The first-order valence-corrected chi connectivity index (χ1v) is 6.97. The van der Waals surface area contributed by atoms with Crippen molar-refractivity contribution in [3.8, 4) is 0 Å². The Morgan fingerprint density at radius 1 is 1.42 bits per heavy atom. The van der Waals surface area contributed by atoms with Crippen molar-refractivity contribution in [2.45, 2.75) is 6.54 Å². The highest BCUT2D eigenvalue weighted by atomic mass is 79.9. The Kier molecular flexibility index (Phi) is 4.36. The summed E-state index contributed by atoms with van der Waals surface area (Å²) in [5, 5.41) is 6.96. The number of rotatable bonds is 3. The maximum Gasteiger partial charge on any atom is 0.282 e. The minimum Gasteiger partial charge on any atom is -0.379 e. The van der Waals surface area contributed by atoms with Gasteiger partial charge in [-0.1, -0.05) is 15.9 Å². The zero-order chi connectivity index (χ0) is 14.0. The van der Waals surface area contributed by atoms with Gasteiger partial charge in [0.15, 0.2) is 0 Å². The van der Waals surface area contributed by atoms with Gasteiger partial charge in [-0.25, -0.2) is 9.07 Å². The van der Waals surface area contributed by atoms with Crippen molar-refractivity contribution in [2.75, 3.05) is 5.32 Å². The highest BCUT2D eigenvalue weighted by molar-refractivity contribution is 9.10. The molecule has 0 spiro atoms. The van der Waals surface area contributed by atoms with Crippen LogP contribution in [-0.4, -0.2) is 9.78 Å². The summed E-state index contributed by atoms with van der Waals surface area (Å²) in [6.45, 7) is 0.381. The van der Waals surface area contributed by atoms with Crippen LogP contribution in [-0.2, 0) is 13.6 Å². The van der Waals surface area contributed by atoms with Gasteiger partial charge in [0.25, 0.3) is 5.56 Å². The summed E-state index contributed by atoms with van der Waals surface area (Å²) in [6.07, 6.45) is 1.54. The molecule has 0 aliphatic rings. The van der Waals surface area contributed by atoms with Crippen molar-refractivity contribution < 1.29 is 4.39 Å². The standard InChI is InChI=1S/C12H10Br2FN3O/c1-18-12(19)11(14)10(6-17-18)16-5-7-4-8(15)2-3-9(7)13/h2-4,6,16H,5H2,1H3. The monoisotopic (exact) mass is 389 g/mol. The van der Waals surface area contributed by atoms with Crippen LogP contribution in [0.4, 0.5) is 10.1 Å². The van der Waals surface area contributed by atoms with E-state index in [1.807, 2.05) is 0 Å². The van der Waals surface area contributed by atoms with Gasteiger partial charge in [-0.3, -0.25) is 4.79 Å². The van der Waals surface area contributed by atoms with E-state index in [2.05, 4.69) is 42.3 Å². The first-order valence-electron chi connectivity index (χ1n) is 5.38. The molecule has 0 fully saturated rings. The van der Waals surface area contributed by atoms with E-state index in [9.17, 15) is 9.18 Å². The van der Waals surface area contributed by atoms with Crippen LogP contribution in [0, 0.1) is 5.82 Å². The van der Waals surface area contributed by atoms with Crippen molar-refractivity contribution in [1.82, 2.24) is 9.78 Å². The molecule has 0 saturated carbocycles. The van der Waals surface area contributed by atoms with Crippen molar-refractivity contribution in [1.29, 1.82) is 0 Å². The minimum atomic E-state index is -0.304. The lowest BCUT2D eigenvalue weighted by Gasteiger charge is -2.10. The quantitative estimate of drug-likeness (QED) is 0.876. The highest BCUT2D eigenvalue weighted by Gasteiger charge is 2.08. The Hall–Kier alpha value is -1.21. The number of anilines is 1. The maximum atomic E-state index is 13.1. The summed E-state index contributed by atoms with van der Waals surface area (Å²) in [5.41, 5.74) is 1.09. The molecule has 1 aromatic heterocycles. The third-order valence-corrected chi connectivity index (χ3v) is 4.10. The van der Waals surface area contributed by atoms with Gasteiger partial charge in [0.05, 0.1) is 11.9 Å². The second-order valence-electron chi connectivity index (χ2n) is 3.89. The molecular formula is C12H10Br2FN3O.